The molecule has 1 aromatic rings. The Morgan fingerprint density at radius 1 is 1.25 bits per heavy atom. The average Bonchev–Trinajstić information content (AvgIpc) is 3.10. The first kappa shape index (κ1) is 18.4. The SMILES string of the molecule is CN(C)CCCNC(=O)c1cccc(C(=O)NCC2CCCO2)n1. The van der Waals surface area contributed by atoms with Gasteiger partial charge in [-0.3, -0.25) is 9.59 Å². The average molecular weight is 334 g/mol. The zero-order chi connectivity index (χ0) is 17.4. The fourth-order valence-corrected chi connectivity index (χ4v) is 2.48. The Labute approximate surface area is 142 Å². The molecule has 0 aliphatic carbocycles. The normalized spacial score (nSPS) is 17.0. The predicted octanol–water partition coefficient (Wildman–Crippen LogP) is 0.672. The first-order chi connectivity index (χ1) is 11.6. The maximum atomic E-state index is 12.1. The van der Waals surface area contributed by atoms with Gasteiger partial charge in [0.1, 0.15) is 11.4 Å². The second-order valence-corrected chi connectivity index (χ2v) is 6.17. The quantitative estimate of drug-likeness (QED) is 0.683. The maximum Gasteiger partial charge on any atom is 0.269 e. The Morgan fingerprint density at radius 3 is 2.58 bits per heavy atom. The Balaban J connectivity index is 1.83. The highest BCUT2D eigenvalue weighted by atomic mass is 16.5. The molecule has 0 radical (unpaired) electrons. The van der Waals surface area contributed by atoms with E-state index in [1.165, 1.54) is 0 Å². The summed E-state index contributed by atoms with van der Waals surface area (Å²) in [5, 5.41) is 5.63. The summed E-state index contributed by atoms with van der Waals surface area (Å²) >= 11 is 0. The highest BCUT2D eigenvalue weighted by Crippen LogP contribution is 2.10. The zero-order valence-corrected chi connectivity index (χ0v) is 14.4. The van der Waals surface area contributed by atoms with Crippen LogP contribution in [-0.4, -0.2) is 68.1 Å². The molecule has 1 aromatic heterocycles. The van der Waals surface area contributed by atoms with Crippen LogP contribution in [0, 0.1) is 0 Å². The fraction of sp³-hybridized carbons (Fsp3) is 0.588. The minimum atomic E-state index is -0.284. The van der Waals surface area contributed by atoms with Gasteiger partial charge in [-0.15, -0.1) is 0 Å². The van der Waals surface area contributed by atoms with Gasteiger partial charge in [-0.05, 0) is 52.0 Å². The van der Waals surface area contributed by atoms with Crippen molar-refractivity contribution in [2.24, 2.45) is 0 Å². The topological polar surface area (TPSA) is 83.6 Å². The number of hydrogen-bond acceptors (Lipinski definition) is 5. The highest BCUT2D eigenvalue weighted by molar-refractivity contribution is 5.96. The Hall–Kier alpha value is -1.99. The molecule has 7 heteroatoms. The molecule has 0 bridgehead atoms. The second-order valence-electron chi connectivity index (χ2n) is 6.17. The van der Waals surface area contributed by atoms with E-state index in [0.29, 0.717) is 13.1 Å². The van der Waals surface area contributed by atoms with Crippen LogP contribution in [0.2, 0.25) is 0 Å². The summed E-state index contributed by atoms with van der Waals surface area (Å²) in [6.07, 6.45) is 2.93. The van der Waals surface area contributed by atoms with Crippen LogP contribution < -0.4 is 10.6 Å². The van der Waals surface area contributed by atoms with Gasteiger partial charge < -0.3 is 20.3 Å². The van der Waals surface area contributed by atoms with Crippen molar-refractivity contribution >= 4 is 11.8 Å². The fourth-order valence-electron chi connectivity index (χ4n) is 2.48. The summed E-state index contributed by atoms with van der Waals surface area (Å²) in [7, 11) is 3.98. The Morgan fingerprint density at radius 2 is 1.96 bits per heavy atom. The molecular weight excluding hydrogens is 308 g/mol. The third kappa shape index (κ3) is 5.90. The number of carbonyl (C=O) groups is 2. The van der Waals surface area contributed by atoms with Crippen molar-refractivity contribution in [3.05, 3.63) is 29.6 Å². The molecule has 7 nitrogen and oxygen atoms in total. The van der Waals surface area contributed by atoms with E-state index < -0.39 is 0 Å². The molecule has 1 aliphatic rings. The van der Waals surface area contributed by atoms with Crippen LogP contribution in [0.5, 0.6) is 0 Å². The molecule has 2 rings (SSSR count). The molecule has 0 saturated carbocycles. The minimum absolute atomic E-state index is 0.0807. The Kier molecular flexibility index (Phi) is 7.14. The first-order valence-electron chi connectivity index (χ1n) is 8.36. The molecule has 0 spiro atoms. The lowest BCUT2D eigenvalue weighted by atomic mass is 10.2. The number of aromatic nitrogens is 1. The van der Waals surface area contributed by atoms with Crippen molar-refractivity contribution in [3.63, 3.8) is 0 Å². The summed E-state index contributed by atoms with van der Waals surface area (Å²) < 4.78 is 5.47. The van der Waals surface area contributed by atoms with E-state index in [1.807, 2.05) is 14.1 Å². The maximum absolute atomic E-state index is 12.1. The van der Waals surface area contributed by atoms with Crippen molar-refractivity contribution < 1.29 is 14.3 Å². The molecule has 1 saturated heterocycles. The third-order valence-electron chi connectivity index (χ3n) is 3.80. The van der Waals surface area contributed by atoms with E-state index in [1.54, 1.807) is 18.2 Å². The molecule has 132 valence electrons. The zero-order valence-electron chi connectivity index (χ0n) is 14.4. The molecule has 24 heavy (non-hydrogen) atoms. The van der Waals surface area contributed by atoms with Crippen molar-refractivity contribution in [1.82, 2.24) is 20.5 Å². The molecule has 2 heterocycles. The molecule has 1 fully saturated rings. The molecule has 1 aliphatic heterocycles. The van der Waals surface area contributed by atoms with Gasteiger partial charge in [0.15, 0.2) is 0 Å². The van der Waals surface area contributed by atoms with E-state index in [4.69, 9.17) is 4.74 Å². The summed E-state index contributed by atoms with van der Waals surface area (Å²) in [6.45, 7) is 2.71. The smallest absolute Gasteiger partial charge is 0.269 e. The van der Waals surface area contributed by atoms with Gasteiger partial charge in [-0.2, -0.15) is 0 Å². The van der Waals surface area contributed by atoms with Crippen LogP contribution in [0.15, 0.2) is 18.2 Å². The van der Waals surface area contributed by atoms with Crippen LogP contribution in [0.4, 0.5) is 0 Å². The van der Waals surface area contributed by atoms with Crippen molar-refractivity contribution in [2.75, 3.05) is 40.3 Å². The van der Waals surface area contributed by atoms with Gasteiger partial charge in [-0.25, -0.2) is 4.98 Å². The van der Waals surface area contributed by atoms with Gasteiger partial charge in [0.05, 0.1) is 6.10 Å². The number of ether oxygens (including phenoxy) is 1. The molecule has 2 N–H and O–H groups in total. The minimum Gasteiger partial charge on any atom is -0.376 e. The second kappa shape index (κ2) is 9.34. The van der Waals surface area contributed by atoms with Gasteiger partial charge in [0, 0.05) is 19.7 Å². The number of amides is 2. The van der Waals surface area contributed by atoms with Crippen molar-refractivity contribution in [2.45, 2.75) is 25.4 Å². The monoisotopic (exact) mass is 334 g/mol. The summed E-state index contributed by atoms with van der Waals surface area (Å²) in [4.78, 5) is 30.5. The van der Waals surface area contributed by atoms with Gasteiger partial charge in [-0.1, -0.05) is 6.07 Å². The van der Waals surface area contributed by atoms with E-state index in [9.17, 15) is 9.59 Å². The molecule has 2 amide bonds. The van der Waals surface area contributed by atoms with Crippen LogP contribution in [0.3, 0.4) is 0 Å². The van der Waals surface area contributed by atoms with Gasteiger partial charge in [0.25, 0.3) is 11.8 Å². The lowest BCUT2D eigenvalue weighted by molar-refractivity contribution is 0.0853. The van der Waals surface area contributed by atoms with Crippen LogP contribution in [-0.2, 0) is 4.74 Å². The van der Waals surface area contributed by atoms with Gasteiger partial charge >= 0.3 is 0 Å². The number of carbonyl (C=O) groups excluding carboxylic acids is 2. The first-order valence-corrected chi connectivity index (χ1v) is 8.36. The summed E-state index contributed by atoms with van der Waals surface area (Å²) in [5.41, 5.74) is 0.499. The largest absolute Gasteiger partial charge is 0.376 e. The highest BCUT2D eigenvalue weighted by Gasteiger charge is 2.17. The van der Waals surface area contributed by atoms with Crippen LogP contribution in [0.25, 0.3) is 0 Å². The predicted molar refractivity (Wildman–Crippen MR) is 91.0 cm³/mol. The lowest BCUT2D eigenvalue weighted by Gasteiger charge is -2.11. The number of nitrogens with zero attached hydrogens (tertiary/aromatic N) is 2. The number of pyridine rings is 1. The van der Waals surface area contributed by atoms with Crippen molar-refractivity contribution in [3.8, 4) is 0 Å². The van der Waals surface area contributed by atoms with Gasteiger partial charge in [0.2, 0.25) is 0 Å². The van der Waals surface area contributed by atoms with Crippen LogP contribution in [0.1, 0.15) is 40.2 Å². The summed E-state index contributed by atoms with van der Waals surface area (Å²) in [6, 6.07) is 4.88. The number of rotatable bonds is 8. The van der Waals surface area contributed by atoms with Crippen molar-refractivity contribution in [1.29, 1.82) is 0 Å². The number of nitrogens with one attached hydrogen (secondary N) is 2. The van der Waals surface area contributed by atoms with E-state index in [2.05, 4.69) is 20.5 Å². The summed E-state index contributed by atoms with van der Waals surface area (Å²) in [5.74, 6) is -0.546. The molecule has 1 atom stereocenters. The molecule has 1 unspecified atom stereocenters. The third-order valence-corrected chi connectivity index (χ3v) is 3.80. The van der Waals surface area contributed by atoms with E-state index >= 15 is 0 Å². The van der Waals surface area contributed by atoms with E-state index in [0.717, 1.165) is 32.4 Å². The molecular formula is C17H26N4O3. The Bertz CT molecular complexity index is 557. The number of hydrogen-bond donors (Lipinski definition) is 2. The molecule has 0 aromatic carbocycles. The van der Waals surface area contributed by atoms with E-state index in [-0.39, 0.29) is 29.3 Å². The van der Waals surface area contributed by atoms with Crippen LogP contribution >= 0.6 is 0 Å². The standard InChI is InChI=1S/C17H26N4O3/c1-21(2)10-5-9-18-16(22)14-7-3-8-15(20-14)17(23)19-12-13-6-4-11-24-13/h3,7-8,13H,4-6,9-12H2,1-2H3,(H,18,22)(H,19,23). The lowest BCUT2D eigenvalue weighted by Crippen LogP contribution is -2.33.